The van der Waals surface area contributed by atoms with Crippen LogP contribution in [0.2, 0.25) is 0 Å². The first kappa shape index (κ1) is 12.1. The van der Waals surface area contributed by atoms with E-state index >= 15 is 0 Å². The summed E-state index contributed by atoms with van der Waals surface area (Å²) in [6, 6.07) is -0.299. The van der Waals surface area contributed by atoms with E-state index in [9.17, 15) is 8.42 Å². The van der Waals surface area contributed by atoms with Crippen LogP contribution in [0.4, 0.5) is 0 Å². The lowest BCUT2D eigenvalue weighted by Gasteiger charge is -2.07. The van der Waals surface area contributed by atoms with Crippen molar-refractivity contribution in [1.82, 2.24) is 15.0 Å². The SMILES string of the molecule is CCC(N)CS(=O)(=O)Cc1cn(C)nn1. The normalized spacial score (nSPS) is 14.1. The molecule has 1 unspecified atom stereocenters. The van der Waals surface area contributed by atoms with Gasteiger partial charge in [-0.1, -0.05) is 12.1 Å². The fourth-order valence-corrected chi connectivity index (χ4v) is 2.78. The van der Waals surface area contributed by atoms with Crippen LogP contribution >= 0.6 is 0 Å². The van der Waals surface area contributed by atoms with Crippen molar-refractivity contribution < 1.29 is 8.42 Å². The lowest BCUT2D eigenvalue weighted by molar-refractivity contribution is 0.582. The Hall–Kier alpha value is -0.950. The van der Waals surface area contributed by atoms with Gasteiger partial charge in [0.15, 0.2) is 9.84 Å². The van der Waals surface area contributed by atoms with Crippen LogP contribution in [-0.2, 0) is 22.6 Å². The van der Waals surface area contributed by atoms with E-state index in [4.69, 9.17) is 5.73 Å². The predicted octanol–water partition coefficient (Wildman–Crippen LogP) is -0.533. The highest BCUT2D eigenvalue weighted by Crippen LogP contribution is 2.04. The second-order valence-corrected chi connectivity index (χ2v) is 5.72. The second kappa shape index (κ2) is 4.71. The summed E-state index contributed by atoms with van der Waals surface area (Å²) in [7, 11) is -1.48. The molecule has 1 atom stereocenters. The third kappa shape index (κ3) is 3.96. The highest BCUT2D eigenvalue weighted by molar-refractivity contribution is 7.90. The number of sulfone groups is 1. The summed E-state index contributed by atoms with van der Waals surface area (Å²) in [6.07, 6.45) is 2.24. The van der Waals surface area contributed by atoms with E-state index < -0.39 is 9.84 Å². The van der Waals surface area contributed by atoms with E-state index in [0.717, 1.165) is 0 Å². The molecule has 15 heavy (non-hydrogen) atoms. The van der Waals surface area contributed by atoms with E-state index in [2.05, 4.69) is 10.3 Å². The van der Waals surface area contributed by atoms with Crippen LogP contribution in [0.5, 0.6) is 0 Å². The molecule has 0 bridgehead atoms. The van der Waals surface area contributed by atoms with Gasteiger partial charge in [-0.2, -0.15) is 0 Å². The van der Waals surface area contributed by atoms with Gasteiger partial charge in [0.05, 0.1) is 17.2 Å². The second-order valence-electron chi connectivity index (χ2n) is 3.61. The molecule has 1 rings (SSSR count). The fourth-order valence-electron chi connectivity index (χ4n) is 1.19. The number of rotatable bonds is 5. The highest BCUT2D eigenvalue weighted by atomic mass is 32.2. The van der Waals surface area contributed by atoms with Gasteiger partial charge in [0.25, 0.3) is 0 Å². The zero-order valence-electron chi connectivity index (χ0n) is 8.92. The van der Waals surface area contributed by atoms with Gasteiger partial charge in [0.2, 0.25) is 0 Å². The number of hydrogen-bond acceptors (Lipinski definition) is 5. The Bertz CT molecular complexity index is 412. The summed E-state index contributed by atoms with van der Waals surface area (Å²) in [4.78, 5) is 0. The molecule has 0 aromatic carbocycles. The van der Waals surface area contributed by atoms with Gasteiger partial charge in [-0.15, -0.1) is 5.10 Å². The molecule has 6 nitrogen and oxygen atoms in total. The number of nitrogens with zero attached hydrogens (tertiary/aromatic N) is 3. The molecule has 86 valence electrons. The maximum absolute atomic E-state index is 11.6. The summed E-state index contributed by atoms with van der Waals surface area (Å²) in [6.45, 7) is 1.86. The van der Waals surface area contributed by atoms with Crippen molar-refractivity contribution in [3.8, 4) is 0 Å². The molecule has 0 spiro atoms. The van der Waals surface area contributed by atoms with Crippen LogP contribution in [0.25, 0.3) is 0 Å². The predicted molar refractivity (Wildman–Crippen MR) is 56.8 cm³/mol. The van der Waals surface area contributed by atoms with Gasteiger partial charge in [0.1, 0.15) is 0 Å². The Kier molecular flexibility index (Phi) is 3.81. The van der Waals surface area contributed by atoms with Crippen molar-refractivity contribution in [3.63, 3.8) is 0 Å². The Balaban J connectivity index is 2.64. The molecule has 1 heterocycles. The summed E-state index contributed by atoms with van der Waals surface area (Å²) < 4.78 is 24.7. The van der Waals surface area contributed by atoms with E-state index in [1.807, 2.05) is 6.92 Å². The minimum absolute atomic E-state index is 0.0000737. The quantitative estimate of drug-likeness (QED) is 0.736. The Morgan fingerprint density at radius 3 is 2.73 bits per heavy atom. The van der Waals surface area contributed by atoms with Gasteiger partial charge >= 0.3 is 0 Å². The Morgan fingerprint density at radius 1 is 1.60 bits per heavy atom. The van der Waals surface area contributed by atoms with Crippen LogP contribution in [0.3, 0.4) is 0 Å². The molecular weight excluding hydrogens is 216 g/mol. The van der Waals surface area contributed by atoms with E-state index in [-0.39, 0.29) is 17.5 Å². The van der Waals surface area contributed by atoms with Crippen molar-refractivity contribution in [2.45, 2.75) is 25.1 Å². The molecule has 2 N–H and O–H groups in total. The van der Waals surface area contributed by atoms with Crippen molar-refractivity contribution in [2.24, 2.45) is 12.8 Å². The zero-order valence-corrected chi connectivity index (χ0v) is 9.74. The molecule has 0 fully saturated rings. The highest BCUT2D eigenvalue weighted by Gasteiger charge is 2.17. The molecule has 0 saturated heterocycles. The van der Waals surface area contributed by atoms with Crippen molar-refractivity contribution in [3.05, 3.63) is 11.9 Å². The summed E-state index contributed by atoms with van der Waals surface area (Å²) >= 11 is 0. The molecule has 1 aromatic heterocycles. The zero-order chi connectivity index (χ0) is 11.5. The Morgan fingerprint density at radius 2 is 2.27 bits per heavy atom. The van der Waals surface area contributed by atoms with E-state index in [1.54, 1.807) is 13.2 Å². The molecule has 1 aromatic rings. The molecule has 0 aliphatic rings. The molecule has 0 radical (unpaired) electrons. The van der Waals surface area contributed by atoms with Crippen molar-refractivity contribution in [1.29, 1.82) is 0 Å². The van der Waals surface area contributed by atoms with Crippen LogP contribution in [0.1, 0.15) is 19.0 Å². The summed E-state index contributed by atoms with van der Waals surface area (Å²) in [5.74, 6) is -0.0887. The maximum Gasteiger partial charge on any atom is 0.157 e. The standard InChI is InChI=1S/C8H16N4O2S/c1-3-7(9)5-15(13,14)6-8-4-12(2)11-10-8/h4,7H,3,5-6,9H2,1-2H3. The van der Waals surface area contributed by atoms with Crippen LogP contribution < -0.4 is 5.73 Å². The van der Waals surface area contributed by atoms with Gasteiger partial charge in [-0.25, -0.2) is 8.42 Å². The fraction of sp³-hybridized carbons (Fsp3) is 0.750. The third-order valence-corrected chi connectivity index (χ3v) is 3.68. The van der Waals surface area contributed by atoms with Gasteiger partial charge in [0, 0.05) is 19.3 Å². The van der Waals surface area contributed by atoms with Crippen LogP contribution in [0, 0.1) is 0 Å². The van der Waals surface area contributed by atoms with Crippen molar-refractivity contribution >= 4 is 9.84 Å². The smallest absolute Gasteiger partial charge is 0.157 e. The lowest BCUT2D eigenvalue weighted by atomic mass is 10.3. The van der Waals surface area contributed by atoms with Gasteiger partial charge in [-0.05, 0) is 6.42 Å². The first-order valence-electron chi connectivity index (χ1n) is 4.74. The largest absolute Gasteiger partial charge is 0.327 e. The summed E-state index contributed by atoms with van der Waals surface area (Å²) in [5.41, 5.74) is 6.06. The topological polar surface area (TPSA) is 90.9 Å². The van der Waals surface area contributed by atoms with E-state index in [0.29, 0.717) is 12.1 Å². The number of aromatic nitrogens is 3. The van der Waals surface area contributed by atoms with Gasteiger partial charge < -0.3 is 5.73 Å². The van der Waals surface area contributed by atoms with Gasteiger partial charge in [-0.3, -0.25) is 4.68 Å². The maximum atomic E-state index is 11.6. The molecule has 0 saturated carbocycles. The minimum atomic E-state index is -3.17. The molecule has 0 aliphatic carbocycles. The first-order valence-corrected chi connectivity index (χ1v) is 6.56. The number of aryl methyl sites for hydroxylation is 1. The summed E-state index contributed by atoms with van der Waals surface area (Å²) in [5, 5.41) is 7.40. The molecule has 7 heteroatoms. The molecule has 0 amide bonds. The number of nitrogens with two attached hydrogens (primary N) is 1. The number of hydrogen-bond donors (Lipinski definition) is 1. The first-order chi connectivity index (χ1) is 6.93. The monoisotopic (exact) mass is 232 g/mol. The molecular formula is C8H16N4O2S. The average Bonchev–Trinajstić information content (AvgIpc) is 2.49. The average molecular weight is 232 g/mol. The molecule has 0 aliphatic heterocycles. The van der Waals surface area contributed by atoms with Crippen molar-refractivity contribution in [2.75, 3.05) is 5.75 Å². The Labute approximate surface area is 89.4 Å². The van der Waals surface area contributed by atoms with Crippen LogP contribution in [-0.4, -0.2) is 35.2 Å². The van der Waals surface area contributed by atoms with Crippen LogP contribution in [0.15, 0.2) is 6.20 Å². The lowest BCUT2D eigenvalue weighted by Crippen LogP contribution is -2.29. The van der Waals surface area contributed by atoms with E-state index in [1.165, 1.54) is 4.68 Å². The third-order valence-electron chi connectivity index (χ3n) is 2.01. The minimum Gasteiger partial charge on any atom is -0.327 e.